The number of hydrogen-bond donors (Lipinski definition) is 2. The van der Waals surface area contributed by atoms with Crippen molar-refractivity contribution in [2.75, 3.05) is 26.5 Å². The van der Waals surface area contributed by atoms with Crippen LogP contribution >= 0.6 is 15.9 Å². The number of carbonyl (C=O) groups is 1. The van der Waals surface area contributed by atoms with Crippen LogP contribution in [0.3, 0.4) is 0 Å². The molecule has 0 atom stereocenters. The molecule has 1 rings (SSSR count). The molecule has 0 fully saturated rings. The molecule has 5 nitrogen and oxygen atoms in total. The predicted molar refractivity (Wildman–Crippen MR) is 68.7 cm³/mol. The van der Waals surface area contributed by atoms with E-state index in [0.717, 1.165) is 4.47 Å². The summed E-state index contributed by atoms with van der Waals surface area (Å²) in [6.07, 6.45) is -0.452. The van der Waals surface area contributed by atoms with Gasteiger partial charge in [0.15, 0.2) is 6.29 Å². The van der Waals surface area contributed by atoms with E-state index in [1.807, 2.05) is 0 Å². The Balaban J connectivity index is 2.61. The quantitative estimate of drug-likeness (QED) is 0.636. The molecule has 1 amide bonds. The molecular formula is C11H15BrN2O3. The lowest BCUT2D eigenvalue weighted by Crippen LogP contribution is -2.34. The van der Waals surface area contributed by atoms with Crippen LogP contribution in [-0.2, 0) is 9.47 Å². The molecule has 0 aliphatic heterocycles. The van der Waals surface area contributed by atoms with Crippen molar-refractivity contribution >= 4 is 27.5 Å². The molecule has 6 heteroatoms. The summed E-state index contributed by atoms with van der Waals surface area (Å²) in [5, 5.41) is 2.69. The highest BCUT2D eigenvalue weighted by molar-refractivity contribution is 9.10. The average Bonchev–Trinajstić information content (AvgIpc) is 2.33. The van der Waals surface area contributed by atoms with Gasteiger partial charge >= 0.3 is 0 Å². The first kappa shape index (κ1) is 14.0. The monoisotopic (exact) mass is 302 g/mol. The third kappa shape index (κ3) is 3.99. The van der Waals surface area contributed by atoms with E-state index in [1.165, 1.54) is 14.2 Å². The van der Waals surface area contributed by atoms with Crippen LogP contribution in [0.1, 0.15) is 10.4 Å². The smallest absolute Gasteiger partial charge is 0.251 e. The Kier molecular flexibility index (Phi) is 5.40. The zero-order chi connectivity index (χ0) is 12.8. The number of benzene rings is 1. The first-order valence-corrected chi connectivity index (χ1v) is 5.76. The van der Waals surface area contributed by atoms with Crippen LogP contribution in [0.4, 0.5) is 5.69 Å². The number of nitrogens with two attached hydrogens (primary N) is 1. The lowest BCUT2D eigenvalue weighted by Gasteiger charge is -2.14. The minimum Gasteiger partial charge on any atom is -0.398 e. The number of halogens is 1. The molecule has 0 heterocycles. The summed E-state index contributed by atoms with van der Waals surface area (Å²) in [7, 11) is 3.02. The van der Waals surface area contributed by atoms with Gasteiger partial charge in [0.25, 0.3) is 5.91 Å². The van der Waals surface area contributed by atoms with Crippen LogP contribution in [0.15, 0.2) is 22.7 Å². The topological polar surface area (TPSA) is 73.6 Å². The summed E-state index contributed by atoms with van der Waals surface area (Å²) in [5.41, 5.74) is 6.71. The molecule has 17 heavy (non-hydrogen) atoms. The Morgan fingerprint density at radius 3 is 2.65 bits per heavy atom. The second-order valence-corrected chi connectivity index (χ2v) is 4.20. The van der Waals surface area contributed by atoms with Crippen molar-refractivity contribution in [2.45, 2.75) is 6.29 Å². The van der Waals surface area contributed by atoms with Crippen LogP contribution < -0.4 is 11.1 Å². The number of carbonyl (C=O) groups excluding carboxylic acids is 1. The van der Waals surface area contributed by atoms with Crippen LogP contribution in [-0.4, -0.2) is 33.0 Å². The van der Waals surface area contributed by atoms with Crippen molar-refractivity contribution in [3.05, 3.63) is 28.2 Å². The van der Waals surface area contributed by atoms with Gasteiger partial charge in [-0.25, -0.2) is 0 Å². The SMILES string of the molecule is COC(CNC(=O)c1ccc(Br)c(N)c1)OC. The molecule has 0 saturated carbocycles. The number of nitrogens with one attached hydrogen (secondary N) is 1. The molecule has 0 aromatic heterocycles. The van der Waals surface area contributed by atoms with Crippen molar-refractivity contribution in [3.63, 3.8) is 0 Å². The summed E-state index contributed by atoms with van der Waals surface area (Å²) in [6, 6.07) is 5.02. The largest absolute Gasteiger partial charge is 0.398 e. The number of rotatable bonds is 5. The minimum atomic E-state index is -0.452. The van der Waals surface area contributed by atoms with Gasteiger partial charge in [0.1, 0.15) is 0 Å². The number of amides is 1. The van der Waals surface area contributed by atoms with Crippen LogP contribution in [0.5, 0.6) is 0 Å². The molecule has 0 unspecified atom stereocenters. The van der Waals surface area contributed by atoms with Crippen molar-refractivity contribution in [2.24, 2.45) is 0 Å². The molecule has 3 N–H and O–H groups in total. The predicted octanol–water partition coefficient (Wildman–Crippen LogP) is 1.38. The lowest BCUT2D eigenvalue weighted by atomic mass is 10.2. The standard InChI is InChI=1S/C11H15BrN2O3/c1-16-10(17-2)6-14-11(15)7-3-4-8(12)9(13)5-7/h3-5,10H,6,13H2,1-2H3,(H,14,15). The number of anilines is 1. The van der Waals surface area contributed by atoms with Gasteiger partial charge in [-0.2, -0.15) is 0 Å². The second kappa shape index (κ2) is 6.58. The highest BCUT2D eigenvalue weighted by atomic mass is 79.9. The molecule has 0 saturated heterocycles. The Labute approximate surface area is 108 Å². The summed E-state index contributed by atoms with van der Waals surface area (Å²) < 4.78 is 10.7. The number of nitrogen functional groups attached to an aromatic ring is 1. The van der Waals surface area contributed by atoms with Crippen molar-refractivity contribution < 1.29 is 14.3 Å². The molecule has 0 aliphatic carbocycles. The Morgan fingerprint density at radius 1 is 1.47 bits per heavy atom. The van der Waals surface area contributed by atoms with Crippen LogP contribution in [0, 0.1) is 0 Å². The molecule has 0 radical (unpaired) electrons. The van der Waals surface area contributed by atoms with E-state index >= 15 is 0 Å². The zero-order valence-corrected chi connectivity index (χ0v) is 11.3. The average molecular weight is 303 g/mol. The maximum atomic E-state index is 11.8. The lowest BCUT2D eigenvalue weighted by molar-refractivity contribution is -0.0974. The van der Waals surface area contributed by atoms with E-state index in [0.29, 0.717) is 11.3 Å². The Hall–Kier alpha value is -1.11. The first-order chi connectivity index (χ1) is 8.08. The van der Waals surface area contributed by atoms with Gasteiger partial charge < -0.3 is 20.5 Å². The Bertz CT molecular complexity index is 394. The van der Waals surface area contributed by atoms with Gasteiger partial charge in [-0.3, -0.25) is 4.79 Å². The maximum Gasteiger partial charge on any atom is 0.251 e. The maximum absolute atomic E-state index is 11.8. The fourth-order valence-corrected chi connectivity index (χ4v) is 1.47. The number of hydrogen-bond acceptors (Lipinski definition) is 4. The highest BCUT2D eigenvalue weighted by Gasteiger charge is 2.10. The highest BCUT2D eigenvalue weighted by Crippen LogP contribution is 2.20. The van der Waals surface area contributed by atoms with E-state index in [1.54, 1.807) is 18.2 Å². The van der Waals surface area contributed by atoms with Gasteiger partial charge in [0, 0.05) is 29.9 Å². The number of methoxy groups -OCH3 is 2. The molecule has 0 aliphatic rings. The third-order valence-electron chi connectivity index (χ3n) is 2.21. The third-order valence-corrected chi connectivity index (χ3v) is 2.94. The van der Waals surface area contributed by atoms with E-state index in [4.69, 9.17) is 15.2 Å². The van der Waals surface area contributed by atoms with Crippen LogP contribution in [0.25, 0.3) is 0 Å². The first-order valence-electron chi connectivity index (χ1n) is 4.97. The van der Waals surface area contributed by atoms with Gasteiger partial charge in [-0.15, -0.1) is 0 Å². The van der Waals surface area contributed by atoms with E-state index in [-0.39, 0.29) is 12.5 Å². The summed E-state index contributed by atoms with van der Waals surface area (Å²) in [4.78, 5) is 11.8. The van der Waals surface area contributed by atoms with Gasteiger partial charge in [0.2, 0.25) is 0 Å². The van der Waals surface area contributed by atoms with Crippen LogP contribution in [0.2, 0.25) is 0 Å². The molecule has 94 valence electrons. The molecule has 1 aromatic rings. The fourth-order valence-electron chi connectivity index (χ4n) is 1.23. The van der Waals surface area contributed by atoms with Crippen molar-refractivity contribution in [3.8, 4) is 0 Å². The summed E-state index contributed by atoms with van der Waals surface area (Å²) in [6.45, 7) is 0.280. The molecule has 1 aromatic carbocycles. The molecular weight excluding hydrogens is 288 g/mol. The molecule has 0 bridgehead atoms. The van der Waals surface area contributed by atoms with E-state index in [2.05, 4.69) is 21.2 Å². The van der Waals surface area contributed by atoms with E-state index in [9.17, 15) is 4.79 Å². The fraction of sp³-hybridized carbons (Fsp3) is 0.364. The van der Waals surface area contributed by atoms with E-state index < -0.39 is 6.29 Å². The molecule has 0 spiro atoms. The van der Waals surface area contributed by atoms with Gasteiger partial charge in [-0.1, -0.05) is 0 Å². The Morgan fingerprint density at radius 2 is 2.12 bits per heavy atom. The number of ether oxygens (including phenoxy) is 2. The van der Waals surface area contributed by atoms with Crippen molar-refractivity contribution in [1.82, 2.24) is 5.32 Å². The summed E-state index contributed by atoms with van der Waals surface area (Å²) in [5.74, 6) is -0.219. The summed E-state index contributed by atoms with van der Waals surface area (Å²) >= 11 is 3.27. The van der Waals surface area contributed by atoms with Gasteiger partial charge in [0.05, 0.1) is 6.54 Å². The minimum absolute atomic E-state index is 0.219. The van der Waals surface area contributed by atoms with Crippen molar-refractivity contribution in [1.29, 1.82) is 0 Å². The zero-order valence-electron chi connectivity index (χ0n) is 9.70. The normalized spacial score (nSPS) is 10.6. The van der Waals surface area contributed by atoms with Gasteiger partial charge in [-0.05, 0) is 34.1 Å². The second-order valence-electron chi connectivity index (χ2n) is 3.35.